The van der Waals surface area contributed by atoms with Crippen LogP contribution in [-0.2, 0) is 4.79 Å². The fourth-order valence-corrected chi connectivity index (χ4v) is 1.16. The molecular weight excluding hydrogens is 214 g/mol. The molecule has 84 valence electrons. The van der Waals surface area contributed by atoms with Gasteiger partial charge in [-0.3, -0.25) is 10.1 Å². The minimum absolute atomic E-state index is 0.101. The normalized spacial score (nSPS) is 9.56. The Balaban J connectivity index is 3.33. The van der Waals surface area contributed by atoms with Crippen LogP contribution in [0.5, 0.6) is 5.75 Å². The van der Waals surface area contributed by atoms with Gasteiger partial charge >= 0.3 is 5.97 Å². The largest absolute Gasteiger partial charge is 0.496 e. The van der Waals surface area contributed by atoms with E-state index in [0.29, 0.717) is 0 Å². The molecule has 1 N–H and O–H groups in total. The third-order valence-electron chi connectivity index (χ3n) is 1.98. The highest BCUT2D eigenvalue weighted by molar-refractivity contribution is 6.15. The van der Waals surface area contributed by atoms with Crippen LogP contribution in [0.3, 0.4) is 0 Å². The van der Waals surface area contributed by atoms with Crippen LogP contribution in [0.25, 0.3) is 5.57 Å². The van der Waals surface area contributed by atoms with Gasteiger partial charge in [0.1, 0.15) is 5.75 Å². The molecule has 0 unspecified atom stereocenters. The summed E-state index contributed by atoms with van der Waals surface area (Å²) in [5, 5.41) is 19.3. The number of non-ortho nitro benzene ring substituents is 1. The van der Waals surface area contributed by atoms with E-state index in [4.69, 9.17) is 9.84 Å². The molecule has 0 aromatic heterocycles. The summed E-state index contributed by atoms with van der Waals surface area (Å²) in [7, 11) is 1.35. The molecule has 0 saturated heterocycles. The lowest BCUT2D eigenvalue weighted by atomic mass is 10.1. The van der Waals surface area contributed by atoms with Crippen molar-refractivity contribution < 1.29 is 19.6 Å². The summed E-state index contributed by atoms with van der Waals surface area (Å²) in [6.07, 6.45) is 0. The van der Waals surface area contributed by atoms with Gasteiger partial charge in [-0.1, -0.05) is 6.58 Å². The predicted molar refractivity (Wildman–Crippen MR) is 56.3 cm³/mol. The molecule has 1 rings (SSSR count). The summed E-state index contributed by atoms with van der Waals surface area (Å²) in [5.74, 6) is -1.02. The Kier molecular flexibility index (Phi) is 3.24. The molecule has 1 aromatic rings. The van der Waals surface area contributed by atoms with Gasteiger partial charge in [0.15, 0.2) is 0 Å². The average Bonchev–Trinajstić information content (AvgIpc) is 2.26. The third kappa shape index (κ3) is 2.17. The topological polar surface area (TPSA) is 89.7 Å². The van der Waals surface area contributed by atoms with Gasteiger partial charge in [-0.25, -0.2) is 4.79 Å². The van der Waals surface area contributed by atoms with E-state index in [2.05, 4.69) is 6.58 Å². The van der Waals surface area contributed by atoms with Crippen LogP contribution in [0.15, 0.2) is 24.8 Å². The van der Waals surface area contributed by atoms with Gasteiger partial charge in [-0.05, 0) is 6.07 Å². The molecule has 0 aliphatic rings. The standard InChI is InChI=1S/C10H9NO5/c1-6(10(12)13)8-5-7(11(14)15)3-4-9(8)16-2/h3-5H,1H2,2H3,(H,12,13). The number of aliphatic carboxylic acids is 1. The van der Waals surface area contributed by atoms with Crippen molar-refractivity contribution in [1.29, 1.82) is 0 Å². The van der Waals surface area contributed by atoms with Gasteiger partial charge in [-0.2, -0.15) is 0 Å². The first-order chi connectivity index (χ1) is 7.47. The summed E-state index contributed by atoms with van der Waals surface area (Å²) in [4.78, 5) is 20.6. The maximum Gasteiger partial charge on any atom is 0.335 e. The highest BCUT2D eigenvalue weighted by Crippen LogP contribution is 2.29. The number of carbonyl (C=O) groups is 1. The minimum Gasteiger partial charge on any atom is -0.496 e. The summed E-state index contributed by atoms with van der Waals surface area (Å²) in [6.45, 7) is 3.33. The molecule has 0 saturated carbocycles. The summed E-state index contributed by atoms with van der Waals surface area (Å²) in [6, 6.07) is 3.69. The number of carboxylic acids is 1. The van der Waals surface area contributed by atoms with Crippen LogP contribution < -0.4 is 4.74 Å². The zero-order chi connectivity index (χ0) is 12.3. The molecule has 0 aliphatic carbocycles. The molecule has 0 atom stereocenters. The molecule has 0 aliphatic heterocycles. The van der Waals surface area contributed by atoms with E-state index in [1.54, 1.807) is 0 Å². The fourth-order valence-electron chi connectivity index (χ4n) is 1.16. The Morgan fingerprint density at radius 1 is 1.56 bits per heavy atom. The van der Waals surface area contributed by atoms with E-state index < -0.39 is 10.9 Å². The number of nitrogens with zero attached hydrogens (tertiary/aromatic N) is 1. The van der Waals surface area contributed by atoms with Gasteiger partial charge in [-0.15, -0.1) is 0 Å². The number of carboxylic acid groups (broad SMARTS) is 1. The maximum atomic E-state index is 10.7. The smallest absolute Gasteiger partial charge is 0.335 e. The molecular formula is C10H9NO5. The quantitative estimate of drug-likeness (QED) is 0.476. The maximum absolute atomic E-state index is 10.7. The second-order valence-corrected chi connectivity index (χ2v) is 2.93. The van der Waals surface area contributed by atoms with Gasteiger partial charge in [0, 0.05) is 17.7 Å². The number of rotatable bonds is 4. The van der Waals surface area contributed by atoms with Gasteiger partial charge in [0.05, 0.1) is 17.6 Å². The molecule has 0 fully saturated rings. The highest BCUT2D eigenvalue weighted by atomic mass is 16.6. The molecule has 0 spiro atoms. The Bertz CT molecular complexity index is 466. The lowest BCUT2D eigenvalue weighted by Crippen LogP contribution is -2.01. The van der Waals surface area contributed by atoms with Crippen molar-refractivity contribution in [2.45, 2.75) is 0 Å². The molecule has 0 radical (unpaired) electrons. The lowest BCUT2D eigenvalue weighted by Gasteiger charge is -2.07. The molecule has 6 heteroatoms. The zero-order valence-corrected chi connectivity index (χ0v) is 8.47. The van der Waals surface area contributed by atoms with Crippen molar-refractivity contribution >= 4 is 17.2 Å². The molecule has 0 bridgehead atoms. The predicted octanol–water partition coefficient (Wildman–Crippen LogP) is 1.70. The number of nitro benzene ring substituents is 1. The number of hydrogen-bond acceptors (Lipinski definition) is 4. The van der Waals surface area contributed by atoms with E-state index in [1.807, 2.05) is 0 Å². The van der Waals surface area contributed by atoms with Crippen molar-refractivity contribution in [3.63, 3.8) is 0 Å². The number of benzene rings is 1. The highest BCUT2D eigenvalue weighted by Gasteiger charge is 2.17. The van der Waals surface area contributed by atoms with Crippen LogP contribution in [0.1, 0.15) is 5.56 Å². The van der Waals surface area contributed by atoms with Gasteiger partial charge in [0.2, 0.25) is 0 Å². The first-order valence-corrected chi connectivity index (χ1v) is 4.22. The van der Waals surface area contributed by atoms with E-state index in [-0.39, 0.29) is 22.6 Å². The van der Waals surface area contributed by atoms with E-state index >= 15 is 0 Å². The van der Waals surface area contributed by atoms with Crippen molar-refractivity contribution in [2.24, 2.45) is 0 Å². The van der Waals surface area contributed by atoms with Crippen molar-refractivity contribution in [1.82, 2.24) is 0 Å². The molecule has 1 aromatic carbocycles. The zero-order valence-electron chi connectivity index (χ0n) is 8.47. The van der Waals surface area contributed by atoms with Crippen LogP contribution in [0.4, 0.5) is 5.69 Å². The van der Waals surface area contributed by atoms with E-state index in [9.17, 15) is 14.9 Å². The first-order valence-electron chi connectivity index (χ1n) is 4.22. The number of methoxy groups -OCH3 is 1. The molecule has 6 nitrogen and oxygen atoms in total. The third-order valence-corrected chi connectivity index (χ3v) is 1.98. The Labute approximate surface area is 90.9 Å². The number of ether oxygens (including phenoxy) is 1. The number of nitro groups is 1. The fraction of sp³-hybridized carbons (Fsp3) is 0.100. The van der Waals surface area contributed by atoms with E-state index in [1.165, 1.54) is 19.2 Å². The SMILES string of the molecule is C=C(C(=O)O)c1cc([N+](=O)[O-])ccc1OC. The minimum atomic E-state index is -1.25. The average molecular weight is 223 g/mol. The second kappa shape index (κ2) is 4.43. The Hall–Kier alpha value is -2.37. The lowest BCUT2D eigenvalue weighted by molar-refractivity contribution is -0.384. The van der Waals surface area contributed by atoms with Crippen LogP contribution in [-0.4, -0.2) is 23.1 Å². The van der Waals surface area contributed by atoms with Gasteiger partial charge < -0.3 is 9.84 Å². The van der Waals surface area contributed by atoms with Crippen molar-refractivity contribution in [3.05, 3.63) is 40.5 Å². The summed E-state index contributed by atoms with van der Waals surface area (Å²) < 4.78 is 4.90. The molecule has 0 amide bonds. The summed E-state index contributed by atoms with van der Waals surface area (Å²) in [5.41, 5.74) is -0.358. The monoisotopic (exact) mass is 223 g/mol. The first kappa shape index (κ1) is 11.7. The van der Waals surface area contributed by atoms with Crippen LogP contribution in [0.2, 0.25) is 0 Å². The van der Waals surface area contributed by atoms with Crippen molar-refractivity contribution in [2.75, 3.05) is 7.11 Å². The second-order valence-electron chi connectivity index (χ2n) is 2.93. The number of hydrogen-bond donors (Lipinski definition) is 1. The summed E-state index contributed by atoms with van der Waals surface area (Å²) >= 11 is 0. The van der Waals surface area contributed by atoms with Crippen molar-refractivity contribution in [3.8, 4) is 5.75 Å². The van der Waals surface area contributed by atoms with Crippen LogP contribution >= 0.6 is 0 Å². The van der Waals surface area contributed by atoms with E-state index in [0.717, 1.165) is 6.07 Å². The van der Waals surface area contributed by atoms with Crippen LogP contribution in [0, 0.1) is 10.1 Å². The molecule has 16 heavy (non-hydrogen) atoms. The Morgan fingerprint density at radius 3 is 2.62 bits per heavy atom. The molecule has 0 heterocycles. The Morgan fingerprint density at radius 2 is 2.19 bits per heavy atom. The van der Waals surface area contributed by atoms with Gasteiger partial charge in [0.25, 0.3) is 5.69 Å².